The number of benzene rings is 1. The Labute approximate surface area is 118 Å². The average Bonchev–Trinajstić information content (AvgIpc) is 3.07. The van der Waals surface area contributed by atoms with E-state index in [0.717, 1.165) is 47.5 Å². The molecule has 3 rings (SSSR count). The maximum atomic E-state index is 4.44. The number of imidazole rings is 2. The first kappa shape index (κ1) is 12.9. The van der Waals surface area contributed by atoms with Gasteiger partial charge in [-0.2, -0.15) is 0 Å². The second-order valence-electron chi connectivity index (χ2n) is 5.01. The van der Waals surface area contributed by atoms with Crippen LogP contribution in [0.3, 0.4) is 0 Å². The number of hydrogen-bond donors (Lipinski definition) is 2. The number of H-pyrrole nitrogens is 1. The highest BCUT2D eigenvalue weighted by molar-refractivity contribution is 5.81. The lowest BCUT2D eigenvalue weighted by molar-refractivity contribution is 0.707. The fourth-order valence-electron chi connectivity index (χ4n) is 2.37. The van der Waals surface area contributed by atoms with Crippen LogP contribution >= 0.6 is 0 Å². The summed E-state index contributed by atoms with van der Waals surface area (Å²) in [6, 6.07) is 6.30. The molecule has 3 aromatic rings. The van der Waals surface area contributed by atoms with E-state index in [0.29, 0.717) is 0 Å². The zero-order valence-corrected chi connectivity index (χ0v) is 11.8. The number of fused-ring (bicyclic) bond motifs is 1. The third-order valence-corrected chi connectivity index (χ3v) is 3.51. The van der Waals surface area contributed by atoms with Gasteiger partial charge in [-0.15, -0.1) is 0 Å². The van der Waals surface area contributed by atoms with Crippen LogP contribution in [0.4, 0.5) is 0 Å². The monoisotopic (exact) mass is 269 g/mol. The molecule has 0 aliphatic carbocycles. The van der Waals surface area contributed by atoms with E-state index in [4.69, 9.17) is 0 Å². The van der Waals surface area contributed by atoms with E-state index in [1.54, 1.807) is 0 Å². The molecule has 0 aliphatic heterocycles. The molecule has 2 aromatic heterocycles. The molecule has 0 aliphatic rings. The summed E-state index contributed by atoms with van der Waals surface area (Å²) >= 11 is 0. The van der Waals surface area contributed by atoms with E-state index in [9.17, 15) is 0 Å². The molecule has 0 atom stereocenters. The first-order valence-electron chi connectivity index (χ1n) is 6.88. The van der Waals surface area contributed by atoms with Crippen LogP contribution in [0.2, 0.25) is 0 Å². The Bertz CT molecular complexity index is 710. The smallest absolute Gasteiger partial charge is 0.106 e. The zero-order valence-electron chi connectivity index (χ0n) is 11.8. The first-order valence-corrected chi connectivity index (χ1v) is 6.88. The molecule has 0 bridgehead atoms. The maximum absolute atomic E-state index is 4.44. The number of nitrogens with zero attached hydrogens (tertiary/aromatic N) is 3. The van der Waals surface area contributed by atoms with Gasteiger partial charge < -0.3 is 14.9 Å². The van der Waals surface area contributed by atoms with Crippen LogP contribution in [-0.4, -0.2) is 33.1 Å². The highest BCUT2D eigenvalue weighted by Gasteiger charge is 2.06. The third-order valence-electron chi connectivity index (χ3n) is 3.51. The number of aryl methyl sites for hydroxylation is 2. The second-order valence-corrected chi connectivity index (χ2v) is 5.01. The predicted molar refractivity (Wildman–Crippen MR) is 80.5 cm³/mol. The van der Waals surface area contributed by atoms with Gasteiger partial charge in [-0.3, -0.25) is 0 Å². The van der Waals surface area contributed by atoms with Gasteiger partial charge in [-0.1, -0.05) is 6.07 Å². The lowest BCUT2D eigenvalue weighted by Crippen LogP contribution is -2.08. The topological polar surface area (TPSA) is 58.5 Å². The lowest BCUT2D eigenvalue weighted by Gasteiger charge is -1.99. The number of aromatic nitrogens is 4. The maximum Gasteiger partial charge on any atom is 0.106 e. The van der Waals surface area contributed by atoms with Gasteiger partial charge in [0.05, 0.1) is 29.3 Å². The molecule has 0 radical (unpaired) electrons. The van der Waals surface area contributed by atoms with Crippen LogP contribution in [0.1, 0.15) is 12.2 Å². The van der Waals surface area contributed by atoms with Crippen molar-refractivity contribution >= 4 is 11.0 Å². The number of nitrogens with one attached hydrogen (secondary N) is 2. The Kier molecular flexibility index (Phi) is 3.52. The summed E-state index contributed by atoms with van der Waals surface area (Å²) in [5, 5.41) is 3.15. The highest BCUT2D eigenvalue weighted by atomic mass is 15.0. The molecule has 0 saturated carbocycles. The summed E-state index contributed by atoms with van der Waals surface area (Å²) in [7, 11) is 3.97. The van der Waals surface area contributed by atoms with Gasteiger partial charge in [0.1, 0.15) is 5.82 Å². The van der Waals surface area contributed by atoms with E-state index >= 15 is 0 Å². The molecular weight excluding hydrogens is 250 g/mol. The van der Waals surface area contributed by atoms with Crippen molar-refractivity contribution < 1.29 is 0 Å². The van der Waals surface area contributed by atoms with Crippen molar-refractivity contribution in [2.24, 2.45) is 7.05 Å². The Balaban J connectivity index is 1.83. The highest BCUT2D eigenvalue weighted by Crippen LogP contribution is 2.22. The van der Waals surface area contributed by atoms with Gasteiger partial charge in [0.15, 0.2) is 0 Å². The van der Waals surface area contributed by atoms with E-state index in [1.165, 1.54) is 0 Å². The summed E-state index contributed by atoms with van der Waals surface area (Å²) in [4.78, 5) is 12.2. The summed E-state index contributed by atoms with van der Waals surface area (Å²) in [5.41, 5.74) is 4.33. The quantitative estimate of drug-likeness (QED) is 0.697. The van der Waals surface area contributed by atoms with Crippen molar-refractivity contribution in [2.45, 2.75) is 12.8 Å². The minimum atomic E-state index is 0.965. The lowest BCUT2D eigenvalue weighted by atomic mass is 10.1. The molecule has 0 unspecified atom stereocenters. The van der Waals surface area contributed by atoms with Gasteiger partial charge in [-0.25, -0.2) is 9.97 Å². The SMILES string of the molecule is CNCCCc1ncc(-c2ccc3c(c2)ncn3C)[nH]1. The van der Waals surface area contributed by atoms with Crippen LogP contribution in [0.25, 0.3) is 22.3 Å². The van der Waals surface area contributed by atoms with Gasteiger partial charge >= 0.3 is 0 Å². The molecule has 104 valence electrons. The van der Waals surface area contributed by atoms with Crippen molar-refractivity contribution in [2.75, 3.05) is 13.6 Å². The normalized spacial score (nSPS) is 11.3. The van der Waals surface area contributed by atoms with Gasteiger partial charge in [0, 0.05) is 19.0 Å². The van der Waals surface area contributed by atoms with E-state index in [1.807, 2.05) is 31.2 Å². The summed E-state index contributed by atoms with van der Waals surface area (Å²) in [5.74, 6) is 1.04. The molecule has 1 aromatic carbocycles. The number of hydrogen-bond acceptors (Lipinski definition) is 3. The summed E-state index contributed by atoms with van der Waals surface area (Å²) in [6.45, 7) is 1.01. The largest absolute Gasteiger partial charge is 0.342 e. The minimum absolute atomic E-state index is 0.965. The van der Waals surface area contributed by atoms with Gasteiger partial charge in [0.25, 0.3) is 0 Å². The van der Waals surface area contributed by atoms with E-state index in [-0.39, 0.29) is 0 Å². The van der Waals surface area contributed by atoms with Gasteiger partial charge in [-0.05, 0) is 32.1 Å². The molecule has 0 spiro atoms. The molecule has 0 amide bonds. The molecule has 20 heavy (non-hydrogen) atoms. The fourth-order valence-corrected chi connectivity index (χ4v) is 2.37. The molecule has 0 saturated heterocycles. The Morgan fingerprint density at radius 1 is 1.30 bits per heavy atom. The van der Waals surface area contributed by atoms with E-state index < -0.39 is 0 Å². The van der Waals surface area contributed by atoms with Crippen LogP contribution in [0, 0.1) is 0 Å². The van der Waals surface area contributed by atoms with Crippen LogP contribution in [-0.2, 0) is 13.5 Å². The Morgan fingerprint density at radius 3 is 3.05 bits per heavy atom. The van der Waals surface area contributed by atoms with Crippen LogP contribution < -0.4 is 5.32 Å². The van der Waals surface area contributed by atoms with Gasteiger partial charge in [0.2, 0.25) is 0 Å². The van der Waals surface area contributed by atoms with Crippen molar-refractivity contribution in [3.63, 3.8) is 0 Å². The molecular formula is C15H19N5. The zero-order chi connectivity index (χ0) is 13.9. The predicted octanol–water partition coefficient (Wildman–Crippen LogP) is 2.12. The van der Waals surface area contributed by atoms with Crippen molar-refractivity contribution in [1.29, 1.82) is 0 Å². The second kappa shape index (κ2) is 5.46. The van der Waals surface area contributed by atoms with Crippen molar-refractivity contribution in [1.82, 2.24) is 24.8 Å². The van der Waals surface area contributed by atoms with Crippen molar-refractivity contribution in [3.8, 4) is 11.3 Å². The standard InChI is InChI=1S/C15H19N5/c1-16-7-3-4-15-17-9-13(19-15)11-5-6-14-12(8-11)18-10-20(14)2/h5-6,8-10,16H,3-4,7H2,1-2H3,(H,17,19). The summed E-state index contributed by atoms with van der Waals surface area (Å²) < 4.78 is 2.02. The Morgan fingerprint density at radius 2 is 2.20 bits per heavy atom. The molecule has 2 heterocycles. The summed E-state index contributed by atoms with van der Waals surface area (Å²) in [6.07, 6.45) is 5.79. The molecule has 2 N–H and O–H groups in total. The van der Waals surface area contributed by atoms with Crippen molar-refractivity contribution in [3.05, 3.63) is 36.5 Å². The number of aromatic amines is 1. The Hall–Kier alpha value is -2.14. The minimum Gasteiger partial charge on any atom is -0.342 e. The number of rotatable bonds is 5. The van der Waals surface area contributed by atoms with Crippen LogP contribution in [0.5, 0.6) is 0 Å². The first-order chi connectivity index (χ1) is 9.78. The third kappa shape index (κ3) is 2.44. The van der Waals surface area contributed by atoms with E-state index in [2.05, 4.69) is 38.5 Å². The average molecular weight is 269 g/mol. The fraction of sp³-hybridized carbons (Fsp3) is 0.333. The molecule has 5 heteroatoms. The molecule has 0 fully saturated rings. The molecule has 5 nitrogen and oxygen atoms in total. The van der Waals surface area contributed by atoms with Crippen LogP contribution in [0.15, 0.2) is 30.7 Å².